The zero-order valence-electron chi connectivity index (χ0n) is 18.0. The molecule has 158 valence electrons. The molecule has 2 aliphatic rings. The summed E-state index contributed by atoms with van der Waals surface area (Å²) in [4.78, 5) is 15.5. The number of nitrogen functional groups attached to an aromatic ring is 1. The predicted octanol–water partition coefficient (Wildman–Crippen LogP) is 4.15. The Bertz CT molecular complexity index is 1220. The van der Waals surface area contributed by atoms with Gasteiger partial charge in [0.25, 0.3) is 5.91 Å². The Morgan fingerprint density at radius 3 is 2.42 bits per heavy atom. The number of hydrazine groups is 1. The fourth-order valence-corrected chi connectivity index (χ4v) is 5.08. The van der Waals surface area contributed by atoms with Crippen molar-refractivity contribution in [3.8, 4) is 11.5 Å². The lowest BCUT2D eigenvalue weighted by atomic mass is 9.75. The second kappa shape index (κ2) is 6.75. The number of hydrogen-bond acceptors (Lipinski definition) is 5. The van der Waals surface area contributed by atoms with E-state index in [4.69, 9.17) is 16.3 Å². The van der Waals surface area contributed by atoms with Crippen LogP contribution in [-0.2, 0) is 5.54 Å². The molecule has 2 aliphatic heterocycles. The summed E-state index contributed by atoms with van der Waals surface area (Å²) in [5, 5.41) is 1.35. The number of aryl methyl sites for hydroxylation is 1. The lowest BCUT2D eigenvalue weighted by Crippen LogP contribution is -2.51. The van der Waals surface area contributed by atoms with Gasteiger partial charge in [0, 0.05) is 58.9 Å². The van der Waals surface area contributed by atoms with Gasteiger partial charge in [-0.15, -0.1) is 0 Å². The molecule has 0 saturated heterocycles. The third-order valence-corrected chi connectivity index (χ3v) is 6.53. The van der Waals surface area contributed by atoms with Gasteiger partial charge in [0.05, 0.1) is 0 Å². The van der Waals surface area contributed by atoms with Gasteiger partial charge in [-0.3, -0.25) is 9.80 Å². The summed E-state index contributed by atoms with van der Waals surface area (Å²) < 4.78 is 6.38. The Morgan fingerprint density at radius 1 is 0.968 bits per heavy atom. The molecule has 0 saturated carbocycles. The number of ether oxygens (including phenoxy) is 1. The minimum absolute atomic E-state index is 0.211. The van der Waals surface area contributed by atoms with Crippen LogP contribution in [0.1, 0.15) is 46.5 Å². The largest absolute Gasteiger partial charge is 0.456 e. The van der Waals surface area contributed by atoms with E-state index in [1.165, 1.54) is 5.01 Å². The Hall–Kier alpha value is -3.51. The van der Waals surface area contributed by atoms with Crippen LogP contribution in [0.15, 0.2) is 54.6 Å². The first kappa shape index (κ1) is 19.5. The number of benzene rings is 3. The molecule has 2 heterocycles. The standard InChI is InChI=1S/C25H26N4O2/c1-4-28(5-2)21-14-23-20(12-15(21)3)25(19-11-10-16(26)13-22(19)31-23)18-9-7-6-8-17(18)24(30)29(25)27/h6-14H,4-5,26-27H2,1-3H3. The van der Waals surface area contributed by atoms with Crippen molar-refractivity contribution in [1.82, 2.24) is 5.01 Å². The van der Waals surface area contributed by atoms with E-state index in [0.717, 1.165) is 41.0 Å². The van der Waals surface area contributed by atoms with E-state index in [9.17, 15) is 4.79 Å². The van der Waals surface area contributed by atoms with Crippen LogP contribution in [0.4, 0.5) is 11.4 Å². The van der Waals surface area contributed by atoms with E-state index in [2.05, 4.69) is 37.8 Å². The van der Waals surface area contributed by atoms with Crippen LogP contribution >= 0.6 is 0 Å². The molecule has 1 atom stereocenters. The molecule has 31 heavy (non-hydrogen) atoms. The number of anilines is 2. The summed E-state index contributed by atoms with van der Waals surface area (Å²) in [5.41, 5.74) is 11.0. The SMILES string of the molecule is CCN(CC)c1cc2c(cc1C)C1(c3ccc(N)cc3O2)c2ccccc2C(=O)N1N. The lowest BCUT2D eigenvalue weighted by molar-refractivity contribution is 0.0665. The van der Waals surface area contributed by atoms with E-state index in [1.54, 1.807) is 6.07 Å². The first-order valence-electron chi connectivity index (χ1n) is 10.6. The van der Waals surface area contributed by atoms with Crippen LogP contribution in [0.3, 0.4) is 0 Å². The topological polar surface area (TPSA) is 84.8 Å². The third-order valence-electron chi connectivity index (χ3n) is 6.53. The zero-order valence-corrected chi connectivity index (χ0v) is 18.0. The molecular formula is C25H26N4O2. The molecule has 1 unspecified atom stereocenters. The van der Waals surface area contributed by atoms with Crippen LogP contribution in [0, 0.1) is 6.92 Å². The van der Waals surface area contributed by atoms with Gasteiger partial charge in [-0.25, -0.2) is 5.84 Å². The molecule has 0 bridgehead atoms. The molecule has 6 nitrogen and oxygen atoms in total. The maximum Gasteiger partial charge on any atom is 0.269 e. The van der Waals surface area contributed by atoms with Crippen molar-refractivity contribution in [3.63, 3.8) is 0 Å². The Labute approximate surface area is 182 Å². The second-order valence-electron chi connectivity index (χ2n) is 8.10. The normalized spacial score (nSPS) is 18.5. The van der Waals surface area contributed by atoms with Gasteiger partial charge >= 0.3 is 0 Å². The number of nitrogens with zero attached hydrogens (tertiary/aromatic N) is 2. The van der Waals surface area contributed by atoms with E-state index in [0.29, 0.717) is 22.7 Å². The number of carbonyl (C=O) groups is 1. The molecule has 3 aromatic rings. The van der Waals surface area contributed by atoms with E-state index in [1.807, 2.05) is 36.4 Å². The molecule has 0 aromatic heterocycles. The first-order valence-corrected chi connectivity index (χ1v) is 10.6. The van der Waals surface area contributed by atoms with Crippen molar-refractivity contribution in [2.45, 2.75) is 26.3 Å². The van der Waals surface area contributed by atoms with Crippen LogP contribution < -0.4 is 21.2 Å². The third kappa shape index (κ3) is 2.45. The van der Waals surface area contributed by atoms with Gasteiger partial charge in [-0.1, -0.05) is 24.3 Å². The first-order chi connectivity index (χ1) is 14.9. The minimum Gasteiger partial charge on any atom is -0.456 e. The highest BCUT2D eigenvalue weighted by atomic mass is 16.5. The lowest BCUT2D eigenvalue weighted by Gasteiger charge is -2.42. The number of hydrogen-bond donors (Lipinski definition) is 2. The highest BCUT2D eigenvalue weighted by Gasteiger charge is 2.55. The number of nitrogens with two attached hydrogens (primary N) is 2. The van der Waals surface area contributed by atoms with Crippen LogP contribution in [0.25, 0.3) is 0 Å². The molecule has 0 fully saturated rings. The van der Waals surface area contributed by atoms with Crippen molar-refractivity contribution in [3.05, 3.63) is 82.4 Å². The highest BCUT2D eigenvalue weighted by Crippen LogP contribution is 2.57. The number of amides is 1. The predicted molar refractivity (Wildman–Crippen MR) is 122 cm³/mol. The maximum absolute atomic E-state index is 13.2. The van der Waals surface area contributed by atoms with E-state index < -0.39 is 5.54 Å². The van der Waals surface area contributed by atoms with Gasteiger partial charge in [0.15, 0.2) is 0 Å². The van der Waals surface area contributed by atoms with Gasteiger partial charge in [0.2, 0.25) is 0 Å². The Balaban J connectivity index is 1.88. The van der Waals surface area contributed by atoms with Gasteiger partial charge < -0.3 is 15.4 Å². The van der Waals surface area contributed by atoms with Crippen molar-refractivity contribution in [2.24, 2.45) is 5.84 Å². The van der Waals surface area contributed by atoms with Crippen molar-refractivity contribution >= 4 is 17.3 Å². The summed E-state index contributed by atoms with van der Waals surface area (Å²) >= 11 is 0. The van der Waals surface area contributed by atoms with Crippen LogP contribution in [0.5, 0.6) is 11.5 Å². The van der Waals surface area contributed by atoms with E-state index >= 15 is 0 Å². The molecular weight excluding hydrogens is 388 g/mol. The summed E-state index contributed by atoms with van der Waals surface area (Å²) in [6, 6.07) is 17.3. The molecule has 1 amide bonds. The molecule has 0 radical (unpaired) electrons. The number of rotatable bonds is 3. The Morgan fingerprint density at radius 2 is 1.68 bits per heavy atom. The maximum atomic E-state index is 13.2. The monoisotopic (exact) mass is 414 g/mol. The summed E-state index contributed by atoms with van der Waals surface area (Å²) in [5.74, 6) is 7.68. The Kier molecular flexibility index (Phi) is 4.24. The summed E-state index contributed by atoms with van der Waals surface area (Å²) in [7, 11) is 0. The molecule has 1 spiro atoms. The molecule has 0 aliphatic carbocycles. The van der Waals surface area contributed by atoms with Crippen molar-refractivity contribution in [1.29, 1.82) is 0 Å². The van der Waals surface area contributed by atoms with Gasteiger partial charge in [-0.2, -0.15) is 0 Å². The molecule has 5 rings (SSSR count). The molecule has 6 heteroatoms. The number of carbonyl (C=O) groups excluding carboxylic acids is 1. The fraction of sp³-hybridized carbons (Fsp3) is 0.240. The number of fused-ring (bicyclic) bond motifs is 6. The average Bonchev–Trinajstić information content (AvgIpc) is 2.99. The second-order valence-corrected chi connectivity index (χ2v) is 8.10. The quantitative estimate of drug-likeness (QED) is 0.382. The van der Waals surface area contributed by atoms with Crippen LogP contribution in [0.2, 0.25) is 0 Å². The van der Waals surface area contributed by atoms with Crippen molar-refractivity contribution in [2.75, 3.05) is 23.7 Å². The van der Waals surface area contributed by atoms with Gasteiger partial charge in [-0.05, 0) is 44.5 Å². The molecule has 4 N–H and O–H groups in total. The summed E-state index contributed by atoms with van der Waals surface area (Å²) in [6.45, 7) is 8.12. The minimum atomic E-state index is -0.975. The molecule has 3 aromatic carbocycles. The van der Waals surface area contributed by atoms with E-state index in [-0.39, 0.29) is 5.91 Å². The average molecular weight is 415 g/mol. The fourth-order valence-electron chi connectivity index (χ4n) is 5.08. The summed E-state index contributed by atoms with van der Waals surface area (Å²) in [6.07, 6.45) is 0. The smallest absolute Gasteiger partial charge is 0.269 e. The van der Waals surface area contributed by atoms with Crippen LogP contribution in [-0.4, -0.2) is 24.0 Å². The highest BCUT2D eigenvalue weighted by molar-refractivity contribution is 6.02. The zero-order chi connectivity index (χ0) is 21.9. The van der Waals surface area contributed by atoms with Crippen molar-refractivity contribution < 1.29 is 9.53 Å². The van der Waals surface area contributed by atoms with Gasteiger partial charge in [0.1, 0.15) is 17.0 Å².